The van der Waals surface area contributed by atoms with E-state index in [2.05, 4.69) is 20.1 Å². The standard InChI is InChI=1S/C16H15N5O3S/c1-25(23,24)20-10-3-4-11-12(8-15(22)19-14(11)7-10)13-9-18-21-6-2-5-17-16(13)21/h2-7,9,12,20H,8H2,1H3,(H,19,22)/t12-/m1/s1. The molecule has 0 bridgehead atoms. The molecule has 0 radical (unpaired) electrons. The molecule has 0 saturated carbocycles. The number of sulfonamides is 1. The van der Waals surface area contributed by atoms with Crippen molar-refractivity contribution in [2.75, 3.05) is 16.3 Å². The van der Waals surface area contributed by atoms with Gasteiger partial charge in [0.05, 0.1) is 18.1 Å². The highest BCUT2D eigenvalue weighted by Crippen LogP contribution is 2.39. The highest BCUT2D eigenvalue weighted by molar-refractivity contribution is 7.92. The highest BCUT2D eigenvalue weighted by atomic mass is 32.2. The van der Waals surface area contributed by atoms with Crippen LogP contribution >= 0.6 is 0 Å². The number of fused-ring (bicyclic) bond motifs is 2. The summed E-state index contributed by atoms with van der Waals surface area (Å²) in [5.74, 6) is -0.326. The molecule has 2 N–H and O–H groups in total. The maximum Gasteiger partial charge on any atom is 0.229 e. The lowest BCUT2D eigenvalue weighted by molar-refractivity contribution is -0.116. The van der Waals surface area contributed by atoms with E-state index in [0.29, 0.717) is 17.0 Å². The first-order valence-corrected chi connectivity index (χ1v) is 9.50. The molecule has 0 unspecified atom stereocenters. The molecule has 0 saturated heterocycles. The van der Waals surface area contributed by atoms with Crippen molar-refractivity contribution in [1.82, 2.24) is 14.6 Å². The lowest BCUT2D eigenvalue weighted by Crippen LogP contribution is -2.24. The van der Waals surface area contributed by atoms with Crippen molar-refractivity contribution in [1.29, 1.82) is 0 Å². The van der Waals surface area contributed by atoms with E-state index in [9.17, 15) is 13.2 Å². The minimum Gasteiger partial charge on any atom is -0.326 e. The third kappa shape index (κ3) is 2.93. The topological polar surface area (TPSA) is 105 Å². The van der Waals surface area contributed by atoms with Crippen LogP contribution in [-0.2, 0) is 14.8 Å². The Hall–Kier alpha value is -2.94. The predicted octanol–water partition coefficient (Wildman–Crippen LogP) is 1.57. The fraction of sp³-hybridized carbons (Fsp3) is 0.188. The summed E-state index contributed by atoms with van der Waals surface area (Å²) in [6.45, 7) is 0. The molecule has 9 heteroatoms. The van der Waals surface area contributed by atoms with Gasteiger partial charge in [-0.25, -0.2) is 17.9 Å². The van der Waals surface area contributed by atoms with Gasteiger partial charge < -0.3 is 5.32 Å². The number of anilines is 2. The fourth-order valence-electron chi connectivity index (χ4n) is 3.11. The zero-order valence-corrected chi connectivity index (χ0v) is 14.1. The van der Waals surface area contributed by atoms with Crippen LogP contribution in [0.25, 0.3) is 5.65 Å². The van der Waals surface area contributed by atoms with E-state index < -0.39 is 10.0 Å². The van der Waals surface area contributed by atoms with Crippen LogP contribution in [0.3, 0.4) is 0 Å². The minimum absolute atomic E-state index is 0.135. The lowest BCUT2D eigenvalue weighted by atomic mass is 9.86. The Morgan fingerprint density at radius 2 is 2.16 bits per heavy atom. The van der Waals surface area contributed by atoms with Crippen LogP contribution in [0.15, 0.2) is 42.9 Å². The summed E-state index contributed by atoms with van der Waals surface area (Å²) in [5, 5.41) is 7.09. The molecule has 0 spiro atoms. The van der Waals surface area contributed by atoms with E-state index in [4.69, 9.17) is 0 Å². The molecule has 0 fully saturated rings. The Morgan fingerprint density at radius 3 is 2.96 bits per heavy atom. The molecule has 1 aliphatic heterocycles. The van der Waals surface area contributed by atoms with Gasteiger partial charge in [0.1, 0.15) is 0 Å². The van der Waals surface area contributed by atoms with E-state index in [1.165, 1.54) is 0 Å². The Labute approximate surface area is 143 Å². The smallest absolute Gasteiger partial charge is 0.229 e. The predicted molar refractivity (Wildman–Crippen MR) is 93.0 cm³/mol. The highest BCUT2D eigenvalue weighted by Gasteiger charge is 2.29. The van der Waals surface area contributed by atoms with E-state index in [1.807, 2.05) is 6.07 Å². The molecule has 2 aromatic heterocycles. The lowest BCUT2D eigenvalue weighted by Gasteiger charge is -2.25. The van der Waals surface area contributed by atoms with Gasteiger partial charge in [0.25, 0.3) is 0 Å². The summed E-state index contributed by atoms with van der Waals surface area (Å²) < 4.78 is 26.9. The van der Waals surface area contributed by atoms with E-state index >= 15 is 0 Å². The summed E-state index contributed by atoms with van der Waals surface area (Å²) in [6, 6.07) is 6.91. The largest absolute Gasteiger partial charge is 0.326 e. The van der Waals surface area contributed by atoms with Crippen molar-refractivity contribution in [3.63, 3.8) is 0 Å². The van der Waals surface area contributed by atoms with Gasteiger partial charge in [-0.1, -0.05) is 6.07 Å². The molecule has 3 heterocycles. The third-order valence-electron chi connectivity index (χ3n) is 4.08. The number of hydrogen-bond donors (Lipinski definition) is 2. The van der Waals surface area contributed by atoms with Crippen molar-refractivity contribution in [3.05, 3.63) is 54.0 Å². The number of hydrogen-bond acceptors (Lipinski definition) is 5. The number of carbonyl (C=O) groups excluding carboxylic acids is 1. The van der Waals surface area contributed by atoms with E-state index in [1.54, 1.807) is 41.3 Å². The summed E-state index contributed by atoms with van der Waals surface area (Å²) in [7, 11) is -3.39. The van der Waals surface area contributed by atoms with Gasteiger partial charge in [0, 0.05) is 36.0 Å². The number of benzene rings is 1. The van der Waals surface area contributed by atoms with Gasteiger partial charge in [-0.15, -0.1) is 0 Å². The second-order valence-electron chi connectivity index (χ2n) is 5.97. The molecule has 3 aromatic rings. The van der Waals surface area contributed by atoms with E-state index in [-0.39, 0.29) is 18.2 Å². The molecular formula is C16H15N5O3S. The van der Waals surface area contributed by atoms with Crippen LogP contribution in [0, 0.1) is 0 Å². The summed E-state index contributed by atoms with van der Waals surface area (Å²) in [5.41, 5.74) is 3.46. The minimum atomic E-state index is -3.39. The maximum atomic E-state index is 12.2. The van der Waals surface area contributed by atoms with Gasteiger partial charge >= 0.3 is 0 Å². The second kappa shape index (κ2) is 5.55. The molecule has 1 aromatic carbocycles. The molecular weight excluding hydrogens is 342 g/mol. The first kappa shape index (κ1) is 15.6. The van der Waals surface area contributed by atoms with Gasteiger partial charge in [-0.3, -0.25) is 9.52 Å². The van der Waals surface area contributed by atoms with Gasteiger partial charge in [0.15, 0.2) is 5.65 Å². The summed E-state index contributed by atoms with van der Waals surface area (Å²) in [6.07, 6.45) is 6.57. The van der Waals surface area contributed by atoms with Crippen molar-refractivity contribution < 1.29 is 13.2 Å². The SMILES string of the molecule is CS(=O)(=O)Nc1ccc2c(c1)NC(=O)C[C@H]2c1cnn2cccnc12. The molecule has 8 nitrogen and oxygen atoms in total. The average molecular weight is 357 g/mol. The number of rotatable bonds is 3. The molecule has 0 aliphatic carbocycles. The second-order valence-corrected chi connectivity index (χ2v) is 7.72. The van der Waals surface area contributed by atoms with Crippen LogP contribution < -0.4 is 10.0 Å². The van der Waals surface area contributed by atoms with Crippen LogP contribution in [-0.4, -0.2) is 35.2 Å². The normalized spacial score (nSPS) is 17.2. The van der Waals surface area contributed by atoms with Crippen molar-refractivity contribution in [2.24, 2.45) is 0 Å². The number of amides is 1. The van der Waals surface area contributed by atoms with Crippen LogP contribution in [0.5, 0.6) is 0 Å². The van der Waals surface area contributed by atoms with Crippen molar-refractivity contribution in [3.8, 4) is 0 Å². The number of carbonyl (C=O) groups is 1. The molecule has 4 rings (SSSR count). The number of nitrogens with zero attached hydrogens (tertiary/aromatic N) is 3. The van der Waals surface area contributed by atoms with Gasteiger partial charge in [-0.05, 0) is 23.8 Å². The van der Waals surface area contributed by atoms with Crippen LogP contribution in [0.2, 0.25) is 0 Å². The van der Waals surface area contributed by atoms with Crippen molar-refractivity contribution in [2.45, 2.75) is 12.3 Å². The zero-order valence-electron chi connectivity index (χ0n) is 13.3. The number of nitrogens with one attached hydrogen (secondary N) is 2. The van der Waals surface area contributed by atoms with Crippen molar-refractivity contribution >= 4 is 33.0 Å². The number of aromatic nitrogens is 3. The third-order valence-corrected chi connectivity index (χ3v) is 4.68. The molecule has 1 aliphatic rings. The quantitative estimate of drug-likeness (QED) is 0.740. The Bertz CT molecular complexity index is 1090. The Morgan fingerprint density at radius 1 is 1.32 bits per heavy atom. The molecule has 25 heavy (non-hydrogen) atoms. The van der Waals surface area contributed by atoms with Crippen LogP contribution in [0.1, 0.15) is 23.5 Å². The molecule has 128 valence electrons. The summed E-state index contributed by atoms with van der Waals surface area (Å²) in [4.78, 5) is 16.5. The molecule has 1 amide bonds. The zero-order chi connectivity index (χ0) is 17.6. The first-order chi connectivity index (χ1) is 11.9. The maximum absolute atomic E-state index is 12.2. The monoisotopic (exact) mass is 357 g/mol. The Balaban J connectivity index is 1.81. The Kier molecular flexibility index (Phi) is 3.46. The van der Waals surface area contributed by atoms with Gasteiger partial charge in [-0.2, -0.15) is 5.10 Å². The summed E-state index contributed by atoms with van der Waals surface area (Å²) >= 11 is 0. The fourth-order valence-corrected chi connectivity index (χ4v) is 3.67. The van der Waals surface area contributed by atoms with Crippen LogP contribution in [0.4, 0.5) is 11.4 Å². The molecule has 1 atom stereocenters. The van der Waals surface area contributed by atoms with Gasteiger partial charge in [0.2, 0.25) is 15.9 Å². The van der Waals surface area contributed by atoms with E-state index in [0.717, 1.165) is 17.4 Å². The first-order valence-electron chi connectivity index (χ1n) is 7.60. The average Bonchev–Trinajstić information content (AvgIpc) is 2.96.